The van der Waals surface area contributed by atoms with Crippen molar-refractivity contribution in [3.8, 4) is 5.75 Å². The van der Waals surface area contributed by atoms with Crippen molar-refractivity contribution >= 4 is 27.3 Å². The molecule has 0 aliphatic carbocycles. The second kappa shape index (κ2) is 6.36. The van der Waals surface area contributed by atoms with E-state index in [9.17, 15) is 5.11 Å². The molecule has 0 saturated carbocycles. The summed E-state index contributed by atoms with van der Waals surface area (Å²) >= 11 is 5.20. The first-order chi connectivity index (χ1) is 8.70. The molecule has 96 valence electrons. The fourth-order valence-electron chi connectivity index (χ4n) is 1.84. The summed E-state index contributed by atoms with van der Waals surface area (Å²) in [5, 5.41) is 15.2. The molecule has 0 spiro atoms. The quantitative estimate of drug-likeness (QED) is 0.868. The minimum atomic E-state index is 0.340. The molecule has 1 aromatic carbocycles. The Labute approximate surface area is 120 Å². The van der Waals surface area contributed by atoms with Crippen LogP contribution in [0.1, 0.15) is 22.9 Å². The average molecular weight is 326 g/mol. The number of hydrogen-bond acceptors (Lipinski definition) is 3. The zero-order valence-corrected chi connectivity index (χ0v) is 12.6. The highest BCUT2D eigenvalue weighted by atomic mass is 79.9. The first-order valence-corrected chi connectivity index (χ1v) is 7.61. The van der Waals surface area contributed by atoms with Crippen molar-refractivity contribution in [2.24, 2.45) is 0 Å². The Morgan fingerprint density at radius 2 is 2.06 bits per heavy atom. The highest BCUT2D eigenvalue weighted by Gasteiger charge is 2.04. The summed E-state index contributed by atoms with van der Waals surface area (Å²) in [6.45, 7) is 3.70. The third-order valence-corrected chi connectivity index (χ3v) is 4.32. The summed E-state index contributed by atoms with van der Waals surface area (Å²) < 4.78 is 0.988. The molecule has 2 rings (SSSR count). The van der Waals surface area contributed by atoms with Crippen LogP contribution in [0.2, 0.25) is 0 Å². The van der Waals surface area contributed by atoms with Crippen molar-refractivity contribution in [3.63, 3.8) is 0 Å². The van der Waals surface area contributed by atoms with Crippen LogP contribution in [0, 0.1) is 0 Å². The van der Waals surface area contributed by atoms with Gasteiger partial charge in [-0.05, 0) is 41.6 Å². The number of phenols is 1. The number of phenolic OH excluding ortho intramolecular Hbond substituents is 1. The van der Waals surface area contributed by atoms with Crippen LogP contribution in [-0.2, 0) is 19.5 Å². The van der Waals surface area contributed by atoms with Gasteiger partial charge in [-0.2, -0.15) is 0 Å². The molecule has 0 unspecified atom stereocenters. The molecule has 0 saturated heterocycles. The number of nitrogens with one attached hydrogen (secondary N) is 1. The molecule has 2 N–H and O–H groups in total. The summed E-state index contributed by atoms with van der Waals surface area (Å²) in [6, 6.07) is 7.67. The molecule has 0 amide bonds. The van der Waals surface area contributed by atoms with Crippen LogP contribution in [0.15, 0.2) is 34.1 Å². The van der Waals surface area contributed by atoms with Gasteiger partial charge >= 0.3 is 0 Å². The highest BCUT2D eigenvalue weighted by Crippen LogP contribution is 2.22. The lowest BCUT2D eigenvalue weighted by Crippen LogP contribution is -2.12. The summed E-state index contributed by atoms with van der Waals surface area (Å²) in [7, 11) is 0. The number of benzene rings is 1. The van der Waals surface area contributed by atoms with Gasteiger partial charge in [-0.1, -0.05) is 22.9 Å². The van der Waals surface area contributed by atoms with Gasteiger partial charge in [0.1, 0.15) is 5.75 Å². The van der Waals surface area contributed by atoms with Crippen molar-refractivity contribution < 1.29 is 5.11 Å². The Kier molecular flexibility index (Phi) is 4.80. The highest BCUT2D eigenvalue weighted by molar-refractivity contribution is 9.10. The van der Waals surface area contributed by atoms with E-state index in [2.05, 4.69) is 39.6 Å². The van der Waals surface area contributed by atoms with Crippen molar-refractivity contribution in [2.75, 3.05) is 0 Å². The normalized spacial score (nSPS) is 10.8. The fraction of sp³-hybridized carbons (Fsp3) is 0.286. The van der Waals surface area contributed by atoms with Crippen LogP contribution >= 0.6 is 27.3 Å². The Bertz CT molecular complexity index is 524. The number of thiophene rings is 1. The van der Waals surface area contributed by atoms with Gasteiger partial charge in [0.15, 0.2) is 0 Å². The molecular weight excluding hydrogens is 310 g/mol. The topological polar surface area (TPSA) is 32.3 Å². The number of hydrogen-bond donors (Lipinski definition) is 2. The number of aryl methyl sites for hydroxylation is 1. The zero-order chi connectivity index (χ0) is 13.0. The van der Waals surface area contributed by atoms with Crippen molar-refractivity contribution in [2.45, 2.75) is 26.4 Å². The number of rotatable bonds is 5. The largest absolute Gasteiger partial charge is 0.508 e. The molecule has 0 atom stereocenters. The molecule has 0 radical (unpaired) electrons. The molecule has 0 aliphatic heterocycles. The maximum absolute atomic E-state index is 9.73. The minimum Gasteiger partial charge on any atom is -0.508 e. The van der Waals surface area contributed by atoms with E-state index in [0.29, 0.717) is 12.3 Å². The van der Waals surface area contributed by atoms with Crippen molar-refractivity contribution in [3.05, 3.63) is 50.1 Å². The standard InChI is InChI=1S/C14H16BrNOS/c1-2-10-5-6-18-14(10)9-16-8-11-7-12(15)3-4-13(11)17/h3-7,16-17H,2,8-9H2,1H3. The monoisotopic (exact) mass is 325 g/mol. The lowest BCUT2D eigenvalue weighted by molar-refractivity contribution is 0.464. The van der Waals surface area contributed by atoms with E-state index in [4.69, 9.17) is 0 Å². The van der Waals surface area contributed by atoms with Gasteiger partial charge in [0, 0.05) is 28.0 Å². The summed E-state index contributed by atoms with van der Waals surface area (Å²) in [5.74, 6) is 0.340. The van der Waals surface area contributed by atoms with Gasteiger partial charge in [-0.3, -0.25) is 0 Å². The van der Waals surface area contributed by atoms with Crippen LogP contribution in [0.5, 0.6) is 5.75 Å². The predicted molar refractivity (Wildman–Crippen MR) is 80.0 cm³/mol. The maximum Gasteiger partial charge on any atom is 0.120 e. The van der Waals surface area contributed by atoms with Gasteiger partial charge in [0.2, 0.25) is 0 Å². The first-order valence-electron chi connectivity index (χ1n) is 5.94. The van der Waals surface area contributed by atoms with Crippen LogP contribution in [0.3, 0.4) is 0 Å². The Balaban J connectivity index is 1.94. The van der Waals surface area contributed by atoms with E-state index in [1.54, 1.807) is 17.4 Å². The summed E-state index contributed by atoms with van der Waals surface area (Å²) in [6.07, 6.45) is 1.07. The smallest absolute Gasteiger partial charge is 0.120 e. The SMILES string of the molecule is CCc1ccsc1CNCc1cc(Br)ccc1O. The Hall–Kier alpha value is -0.840. The van der Waals surface area contributed by atoms with Crippen LogP contribution in [0.4, 0.5) is 0 Å². The van der Waals surface area contributed by atoms with Crippen molar-refractivity contribution in [1.82, 2.24) is 5.32 Å². The number of aromatic hydroxyl groups is 1. The Morgan fingerprint density at radius 3 is 2.83 bits per heavy atom. The van der Waals surface area contributed by atoms with E-state index < -0.39 is 0 Å². The van der Waals surface area contributed by atoms with E-state index in [0.717, 1.165) is 23.0 Å². The van der Waals surface area contributed by atoms with Gasteiger partial charge < -0.3 is 10.4 Å². The van der Waals surface area contributed by atoms with Crippen LogP contribution < -0.4 is 5.32 Å². The summed E-state index contributed by atoms with van der Waals surface area (Å²) in [5.41, 5.74) is 2.32. The van der Waals surface area contributed by atoms with Gasteiger partial charge in [0.25, 0.3) is 0 Å². The zero-order valence-electron chi connectivity index (χ0n) is 10.2. The molecule has 0 aliphatic rings. The van der Waals surface area contributed by atoms with E-state index in [1.165, 1.54) is 10.4 Å². The van der Waals surface area contributed by atoms with Crippen molar-refractivity contribution in [1.29, 1.82) is 0 Å². The minimum absolute atomic E-state index is 0.340. The molecule has 1 aromatic heterocycles. The van der Waals surface area contributed by atoms with Gasteiger partial charge in [0.05, 0.1) is 0 Å². The Morgan fingerprint density at radius 1 is 1.22 bits per heavy atom. The molecule has 18 heavy (non-hydrogen) atoms. The molecular formula is C14H16BrNOS. The second-order valence-electron chi connectivity index (χ2n) is 4.10. The maximum atomic E-state index is 9.73. The van der Waals surface area contributed by atoms with E-state index >= 15 is 0 Å². The third-order valence-electron chi connectivity index (χ3n) is 2.86. The molecule has 0 fully saturated rings. The lowest BCUT2D eigenvalue weighted by Gasteiger charge is -2.07. The molecule has 1 heterocycles. The molecule has 2 aromatic rings. The van der Waals surface area contributed by atoms with Gasteiger partial charge in [-0.25, -0.2) is 0 Å². The summed E-state index contributed by atoms with van der Waals surface area (Å²) in [4.78, 5) is 1.38. The average Bonchev–Trinajstić information content (AvgIpc) is 2.81. The lowest BCUT2D eigenvalue weighted by atomic mass is 10.2. The molecule has 0 bridgehead atoms. The third kappa shape index (κ3) is 3.34. The van der Waals surface area contributed by atoms with Gasteiger partial charge in [-0.15, -0.1) is 11.3 Å². The first kappa shape index (κ1) is 13.6. The fourth-order valence-corrected chi connectivity index (χ4v) is 3.20. The van der Waals surface area contributed by atoms with Crippen LogP contribution in [0.25, 0.3) is 0 Å². The second-order valence-corrected chi connectivity index (χ2v) is 6.02. The molecule has 4 heteroatoms. The predicted octanol–water partition coefficient (Wildman–Crippen LogP) is 4.07. The number of halogens is 1. The van der Waals surface area contributed by atoms with Crippen LogP contribution in [-0.4, -0.2) is 5.11 Å². The van der Waals surface area contributed by atoms with E-state index in [-0.39, 0.29) is 0 Å². The van der Waals surface area contributed by atoms with E-state index in [1.807, 2.05) is 12.1 Å². The molecule has 2 nitrogen and oxygen atoms in total.